The zero-order chi connectivity index (χ0) is 46.2. The van der Waals surface area contributed by atoms with Gasteiger partial charge in [-0.3, -0.25) is 0 Å². The number of para-hydroxylation sites is 4. The largest absolute Gasteiger partial charge is 0.310 e. The molecule has 0 saturated carbocycles. The lowest BCUT2D eigenvalue weighted by molar-refractivity contribution is 0.793. The molecule has 1 spiro atoms. The molecule has 0 fully saturated rings. The lowest BCUT2D eigenvalue weighted by Crippen LogP contribution is -2.26. The highest BCUT2D eigenvalue weighted by Gasteiger charge is 2.52. The third-order valence-corrected chi connectivity index (χ3v) is 14.8. The minimum atomic E-state index is -0.588. The van der Waals surface area contributed by atoms with Crippen LogP contribution < -0.4 is 9.80 Å². The number of hydrogen-bond donors (Lipinski definition) is 0. The van der Waals surface area contributed by atoms with Crippen molar-refractivity contribution in [2.45, 2.75) is 5.41 Å². The van der Waals surface area contributed by atoms with E-state index in [4.69, 9.17) is 0 Å². The van der Waals surface area contributed by atoms with E-state index < -0.39 is 5.41 Å². The van der Waals surface area contributed by atoms with Crippen molar-refractivity contribution in [3.8, 4) is 39.1 Å². The Kier molecular flexibility index (Phi) is 9.11. The van der Waals surface area contributed by atoms with E-state index >= 15 is 0 Å². The molecule has 0 saturated heterocycles. The number of benzene rings is 11. The summed E-state index contributed by atoms with van der Waals surface area (Å²) in [6, 6.07) is 100. The number of rotatable bonds is 8. The molecule has 0 bridgehead atoms. The molecule has 3 nitrogen and oxygen atoms in total. The van der Waals surface area contributed by atoms with Gasteiger partial charge in [0, 0.05) is 50.6 Å². The molecule has 70 heavy (non-hydrogen) atoms. The Labute approximate surface area is 408 Å². The molecule has 0 amide bonds. The highest BCUT2D eigenvalue weighted by atomic mass is 15.1. The Hall–Kier alpha value is -9.18. The van der Waals surface area contributed by atoms with E-state index in [9.17, 15) is 0 Å². The topological polar surface area (TPSA) is 11.4 Å². The van der Waals surface area contributed by atoms with Gasteiger partial charge in [-0.25, -0.2) is 0 Å². The first-order valence-electron chi connectivity index (χ1n) is 24.2. The van der Waals surface area contributed by atoms with Crippen molar-refractivity contribution in [1.82, 2.24) is 4.57 Å². The first-order chi connectivity index (χ1) is 34.7. The van der Waals surface area contributed by atoms with Gasteiger partial charge in [0.2, 0.25) is 0 Å². The average molecular weight is 892 g/mol. The van der Waals surface area contributed by atoms with Gasteiger partial charge in [-0.15, -0.1) is 0 Å². The Morgan fingerprint density at radius 2 is 0.657 bits per heavy atom. The SMILES string of the molecule is c1ccc(-c2ccc(N(c3ccc4c(c3)C3(c5ccccc5-c5ccc(N(c6ccccc6)c6ccccc6)cc53)c3ccccc3-4)c3ccc4c5ccccc5n(-c5ccccc5)c4c3)cc2)cc1. The molecule has 11 aromatic carbocycles. The van der Waals surface area contributed by atoms with Gasteiger partial charge in [-0.05, 0) is 147 Å². The fourth-order valence-corrected chi connectivity index (χ4v) is 11.8. The van der Waals surface area contributed by atoms with Crippen molar-refractivity contribution in [2.75, 3.05) is 9.80 Å². The van der Waals surface area contributed by atoms with E-state index in [1.807, 2.05) is 0 Å². The van der Waals surface area contributed by atoms with E-state index in [1.54, 1.807) is 0 Å². The zero-order valence-corrected chi connectivity index (χ0v) is 38.3. The summed E-state index contributed by atoms with van der Waals surface area (Å²) < 4.78 is 2.41. The summed E-state index contributed by atoms with van der Waals surface area (Å²) in [5.74, 6) is 0. The lowest BCUT2D eigenvalue weighted by Gasteiger charge is -2.33. The molecule has 14 rings (SSSR count). The maximum atomic E-state index is 2.50. The van der Waals surface area contributed by atoms with Crippen LogP contribution in [0.4, 0.5) is 34.1 Å². The van der Waals surface area contributed by atoms with Gasteiger partial charge >= 0.3 is 0 Å². The van der Waals surface area contributed by atoms with E-state index in [1.165, 1.54) is 71.9 Å². The molecule has 2 aliphatic rings. The highest BCUT2D eigenvalue weighted by molar-refractivity contribution is 6.10. The first-order valence-corrected chi connectivity index (χ1v) is 24.2. The van der Waals surface area contributed by atoms with Crippen LogP contribution in [0.5, 0.6) is 0 Å². The fourth-order valence-electron chi connectivity index (χ4n) is 11.8. The third-order valence-electron chi connectivity index (χ3n) is 14.8. The summed E-state index contributed by atoms with van der Waals surface area (Å²) in [7, 11) is 0. The van der Waals surface area contributed by atoms with Crippen molar-refractivity contribution in [2.24, 2.45) is 0 Å². The molecule has 0 aliphatic heterocycles. The maximum Gasteiger partial charge on any atom is 0.0727 e. The van der Waals surface area contributed by atoms with Crippen molar-refractivity contribution in [1.29, 1.82) is 0 Å². The van der Waals surface area contributed by atoms with Crippen LogP contribution >= 0.6 is 0 Å². The molecule has 1 heterocycles. The second kappa shape index (κ2) is 16.0. The van der Waals surface area contributed by atoms with Crippen molar-refractivity contribution in [3.63, 3.8) is 0 Å². The van der Waals surface area contributed by atoms with Crippen LogP contribution in [0.3, 0.4) is 0 Å². The summed E-state index contributed by atoms with van der Waals surface area (Å²) in [4.78, 5) is 4.85. The molecule has 3 heteroatoms. The summed E-state index contributed by atoms with van der Waals surface area (Å²) >= 11 is 0. The smallest absolute Gasteiger partial charge is 0.0727 e. The van der Waals surface area contributed by atoms with Crippen LogP contribution in [-0.2, 0) is 5.41 Å². The maximum absolute atomic E-state index is 2.50. The van der Waals surface area contributed by atoms with E-state index in [2.05, 4.69) is 287 Å². The highest BCUT2D eigenvalue weighted by Crippen LogP contribution is 2.64. The second-order valence-corrected chi connectivity index (χ2v) is 18.4. The van der Waals surface area contributed by atoms with Crippen molar-refractivity contribution < 1.29 is 0 Å². The summed E-state index contributed by atoms with van der Waals surface area (Å²) in [6.07, 6.45) is 0. The fraction of sp³-hybridized carbons (Fsp3) is 0.0149. The Balaban J connectivity index is 1.02. The van der Waals surface area contributed by atoms with Crippen LogP contribution in [0.2, 0.25) is 0 Å². The average Bonchev–Trinajstić information content (AvgIpc) is 4.04. The summed E-state index contributed by atoms with van der Waals surface area (Å²) in [5, 5.41) is 2.46. The number of nitrogens with zero attached hydrogens (tertiary/aromatic N) is 3. The van der Waals surface area contributed by atoms with Crippen molar-refractivity contribution in [3.05, 3.63) is 295 Å². The molecule has 0 N–H and O–H groups in total. The van der Waals surface area contributed by atoms with Gasteiger partial charge in [0.15, 0.2) is 0 Å². The van der Waals surface area contributed by atoms with Crippen LogP contribution in [-0.4, -0.2) is 4.57 Å². The number of hydrogen-bond acceptors (Lipinski definition) is 2. The normalized spacial score (nSPS) is 14.1. The quantitative estimate of drug-likeness (QED) is 0.151. The molecule has 1 unspecified atom stereocenters. The molecular weight excluding hydrogens is 847 g/mol. The summed E-state index contributed by atoms with van der Waals surface area (Å²) in [5.41, 5.74) is 22.2. The predicted octanol–water partition coefficient (Wildman–Crippen LogP) is 17.7. The van der Waals surface area contributed by atoms with E-state index in [-0.39, 0.29) is 0 Å². The van der Waals surface area contributed by atoms with Gasteiger partial charge in [0.05, 0.1) is 16.4 Å². The molecule has 0 radical (unpaired) electrons. The molecule has 328 valence electrons. The van der Waals surface area contributed by atoms with Crippen molar-refractivity contribution >= 4 is 55.9 Å². The number of fused-ring (bicyclic) bond motifs is 13. The van der Waals surface area contributed by atoms with Gasteiger partial charge < -0.3 is 14.4 Å². The minimum Gasteiger partial charge on any atom is -0.310 e. The van der Waals surface area contributed by atoms with E-state index in [0.717, 1.165) is 45.3 Å². The van der Waals surface area contributed by atoms with Gasteiger partial charge in [0.25, 0.3) is 0 Å². The molecular formula is C67H45N3. The lowest BCUT2D eigenvalue weighted by atomic mass is 9.70. The predicted molar refractivity (Wildman–Crippen MR) is 292 cm³/mol. The van der Waals surface area contributed by atoms with Gasteiger partial charge in [-0.1, -0.05) is 182 Å². The Morgan fingerprint density at radius 1 is 0.257 bits per heavy atom. The van der Waals surface area contributed by atoms with Crippen LogP contribution in [0.1, 0.15) is 22.3 Å². The van der Waals surface area contributed by atoms with Crippen LogP contribution in [0, 0.1) is 0 Å². The molecule has 2 aliphatic carbocycles. The molecule has 1 aromatic heterocycles. The molecule has 1 atom stereocenters. The van der Waals surface area contributed by atoms with Gasteiger partial charge in [-0.2, -0.15) is 0 Å². The van der Waals surface area contributed by atoms with Crippen LogP contribution in [0.25, 0.3) is 60.9 Å². The third kappa shape index (κ3) is 6.01. The molecule has 12 aromatic rings. The first kappa shape index (κ1) is 39.9. The monoisotopic (exact) mass is 891 g/mol. The Bertz CT molecular complexity index is 3880. The number of aromatic nitrogens is 1. The standard InChI is InChI=1S/C67H45N3/c1-5-19-46(20-6-1)47-33-35-51(36-34-47)69(54-39-42-60-59-29-15-18-32-65(59)70(66(60)45-54)50-25-11-4-12-26-50)53-38-41-58-56-28-14-17-31-62(56)67(64(58)44-53)61-30-16-13-27-55(61)57-40-37-52(43-63(57)67)68(48-21-7-2-8-22-48)49-23-9-3-10-24-49/h1-45H. The number of anilines is 6. The Morgan fingerprint density at radius 3 is 1.26 bits per heavy atom. The van der Waals surface area contributed by atoms with Gasteiger partial charge in [0.1, 0.15) is 0 Å². The zero-order valence-electron chi connectivity index (χ0n) is 38.3. The van der Waals surface area contributed by atoms with E-state index in [0.29, 0.717) is 0 Å². The van der Waals surface area contributed by atoms with Crippen LogP contribution in [0.15, 0.2) is 273 Å². The summed E-state index contributed by atoms with van der Waals surface area (Å²) in [6.45, 7) is 0. The second-order valence-electron chi connectivity index (χ2n) is 18.4. The minimum absolute atomic E-state index is 0.588.